The molecule has 0 spiro atoms. The lowest BCUT2D eigenvalue weighted by Gasteiger charge is -2.12. The van der Waals surface area contributed by atoms with Crippen LogP contribution in [-0.2, 0) is 11.3 Å². The van der Waals surface area contributed by atoms with Crippen molar-refractivity contribution in [2.75, 3.05) is 12.4 Å². The maximum Gasteiger partial charge on any atom is 0.358 e. The molecule has 0 saturated heterocycles. The Morgan fingerprint density at radius 2 is 2.05 bits per heavy atom. The standard InChI is InChI=1S/C15H14Cl2N2O2/c1-9-5-3-4-6-10(9)8-18-11-7-12(16)19-14(13(11)17)15(20)21-2/h3-7H,8H2,1-2H3,(H,18,19). The number of carbonyl (C=O) groups excluding carboxylic acids is 1. The van der Waals surface area contributed by atoms with E-state index < -0.39 is 5.97 Å². The lowest BCUT2D eigenvalue weighted by Crippen LogP contribution is -2.09. The maximum absolute atomic E-state index is 11.6. The van der Waals surface area contributed by atoms with Gasteiger partial charge in [-0.25, -0.2) is 9.78 Å². The van der Waals surface area contributed by atoms with E-state index in [-0.39, 0.29) is 15.9 Å². The predicted molar refractivity (Wildman–Crippen MR) is 84.1 cm³/mol. The molecule has 4 nitrogen and oxygen atoms in total. The number of halogens is 2. The quantitative estimate of drug-likeness (QED) is 0.679. The zero-order valence-corrected chi connectivity index (χ0v) is 13.1. The fourth-order valence-corrected chi connectivity index (χ4v) is 2.29. The zero-order valence-electron chi connectivity index (χ0n) is 11.6. The van der Waals surface area contributed by atoms with E-state index in [9.17, 15) is 4.79 Å². The monoisotopic (exact) mass is 324 g/mol. The average Bonchev–Trinajstić information content (AvgIpc) is 2.48. The Hall–Kier alpha value is -1.78. The van der Waals surface area contributed by atoms with Crippen LogP contribution >= 0.6 is 23.2 Å². The van der Waals surface area contributed by atoms with Crippen LogP contribution in [0.2, 0.25) is 10.2 Å². The molecule has 2 rings (SSSR count). The van der Waals surface area contributed by atoms with E-state index >= 15 is 0 Å². The minimum Gasteiger partial charge on any atom is -0.464 e. The summed E-state index contributed by atoms with van der Waals surface area (Å²) >= 11 is 12.1. The lowest BCUT2D eigenvalue weighted by atomic mass is 10.1. The van der Waals surface area contributed by atoms with Crippen LogP contribution in [0, 0.1) is 6.92 Å². The van der Waals surface area contributed by atoms with Crippen molar-refractivity contribution in [3.05, 3.63) is 57.3 Å². The van der Waals surface area contributed by atoms with Crippen LogP contribution in [0.4, 0.5) is 5.69 Å². The zero-order chi connectivity index (χ0) is 15.4. The first kappa shape index (κ1) is 15.6. The van der Waals surface area contributed by atoms with Gasteiger partial charge in [0.1, 0.15) is 5.15 Å². The Morgan fingerprint density at radius 1 is 1.33 bits per heavy atom. The number of ether oxygens (including phenoxy) is 1. The van der Waals surface area contributed by atoms with E-state index in [1.165, 1.54) is 7.11 Å². The van der Waals surface area contributed by atoms with Crippen molar-refractivity contribution >= 4 is 34.9 Å². The molecule has 0 radical (unpaired) electrons. The van der Waals surface area contributed by atoms with Gasteiger partial charge in [-0.15, -0.1) is 0 Å². The van der Waals surface area contributed by atoms with Gasteiger partial charge in [-0.3, -0.25) is 0 Å². The second kappa shape index (κ2) is 6.78. The van der Waals surface area contributed by atoms with Gasteiger partial charge in [0, 0.05) is 12.6 Å². The predicted octanol–water partition coefficient (Wildman–Crippen LogP) is 4.10. The van der Waals surface area contributed by atoms with Gasteiger partial charge < -0.3 is 10.1 Å². The third kappa shape index (κ3) is 3.65. The van der Waals surface area contributed by atoms with Gasteiger partial charge >= 0.3 is 5.97 Å². The molecule has 0 aliphatic carbocycles. The van der Waals surface area contributed by atoms with Crippen molar-refractivity contribution in [2.45, 2.75) is 13.5 Å². The molecule has 1 heterocycles. The van der Waals surface area contributed by atoms with Crippen molar-refractivity contribution in [3.8, 4) is 0 Å². The van der Waals surface area contributed by atoms with Gasteiger partial charge in [-0.05, 0) is 18.1 Å². The van der Waals surface area contributed by atoms with Crippen molar-refractivity contribution < 1.29 is 9.53 Å². The first-order chi connectivity index (χ1) is 10.0. The van der Waals surface area contributed by atoms with E-state index in [0.717, 1.165) is 11.1 Å². The van der Waals surface area contributed by atoms with Crippen molar-refractivity contribution in [2.24, 2.45) is 0 Å². The average molecular weight is 325 g/mol. The number of rotatable bonds is 4. The van der Waals surface area contributed by atoms with Crippen molar-refractivity contribution in [3.63, 3.8) is 0 Å². The molecule has 0 saturated carbocycles. The summed E-state index contributed by atoms with van der Waals surface area (Å²) in [6, 6.07) is 9.56. The summed E-state index contributed by atoms with van der Waals surface area (Å²) in [6.45, 7) is 2.59. The first-order valence-electron chi connectivity index (χ1n) is 6.25. The number of esters is 1. The molecular formula is C15H14Cl2N2O2. The minimum atomic E-state index is -0.624. The number of benzene rings is 1. The summed E-state index contributed by atoms with van der Waals surface area (Å²) in [6.07, 6.45) is 0. The summed E-state index contributed by atoms with van der Waals surface area (Å²) in [5.41, 5.74) is 2.83. The van der Waals surface area contributed by atoms with Crippen molar-refractivity contribution in [1.82, 2.24) is 4.98 Å². The number of aryl methyl sites for hydroxylation is 1. The fraction of sp³-hybridized carbons (Fsp3) is 0.200. The molecule has 1 N–H and O–H groups in total. The Bertz CT molecular complexity index is 675. The van der Waals surface area contributed by atoms with Crippen LogP contribution in [0.15, 0.2) is 30.3 Å². The smallest absolute Gasteiger partial charge is 0.358 e. The second-order valence-electron chi connectivity index (χ2n) is 4.43. The maximum atomic E-state index is 11.6. The largest absolute Gasteiger partial charge is 0.464 e. The highest BCUT2D eigenvalue weighted by Gasteiger charge is 2.17. The number of hydrogen-bond acceptors (Lipinski definition) is 4. The second-order valence-corrected chi connectivity index (χ2v) is 5.19. The number of nitrogens with zero attached hydrogens (tertiary/aromatic N) is 1. The number of hydrogen-bond donors (Lipinski definition) is 1. The van der Waals surface area contributed by atoms with Crippen LogP contribution in [0.1, 0.15) is 21.6 Å². The van der Waals surface area contributed by atoms with Gasteiger partial charge in [-0.1, -0.05) is 47.5 Å². The molecule has 0 unspecified atom stereocenters. The highest BCUT2D eigenvalue weighted by molar-refractivity contribution is 6.37. The molecule has 0 fully saturated rings. The van der Waals surface area contributed by atoms with Crippen LogP contribution in [0.5, 0.6) is 0 Å². The molecule has 0 amide bonds. The number of nitrogens with one attached hydrogen (secondary N) is 1. The van der Waals surface area contributed by atoms with E-state index in [4.69, 9.17) is 23.2 Å². The van der Waals surface area contributed by atoms with Crippen LogP contribution < -0.4 is 5.32 Å². The third-order valence-corrected chi connectivity index (χ3v) is 3.61. The van der Waals surface area contributed by atoms with Gasteiger partial charge in [0.05, 0.1) is 17.8 Å². The summed E-state index contributed by atoms with van der Waals surface area (Å²) in [4.78, 5) is 15.5. The summed E-state index contributed by atoms with van der Waals surface area (Å²) in [7, 11) is 1.27. The number of aromatic nitrogens is 1. The van der Waals surface area contributed by atoms with E-state index in [2.05, 4.69) is 15.0 Å². The van der Waals surface area contributed by atoms with Crippen LogP contribution in [0.25, 0.3) is 0 Å². The molecule has 0 aliphatic heterocycles. The van der Waals surface area contributed by atoms with Crippen molar-refractivity contribution in [1.29, 1.82) is 0 Å². The van der Waals surface area contributed by atoms with E-state index in [1.54, 1.807) is 6.07 Å². The molecule has 6 heteroatoms. The van der Waals surface area contributed by atoms with Crippen LogP contribution in [0.3, 0.4) is 0 Å². The first-order valence-corrected chi connectivity index (χ1v) is 7.01. The van der Waals surface area contributed by atoms with E-state index in [1.807, 2.05) is 31.2 Å². The SMILES string of the molecule is COC(=O)c1nc(Cl)cc(NCc2ccccc2C)c1Cl. The Balaban J connectivity index is 2.26. The van der Waals surface area contributed by atoms with Gasteiger partial charge in [0.25, 0.3) is 0 Å². The fourth-order valence-electron chi connectivity index (χ4n) is 1.86. The van der Waals surface area contributed by atoms with Gasteiger partial charge in [-0.2, -0.15) is 0 Å². The van der Waals surface area contributed by atoms with E-state index in [0.29, 0.717) is 12.2 Å². The van der Waals surface area contributed by atoms with Crippen LogP contribution in [-0.4, -0.2) is 18.1 Å². The molecular weight excluding hydrogens is 311 g/mol. The van der Waals surface area contributed by atoms with Gasteiger partial charge in [0.2, 0.25) is 0 Å². The molecule has 0 atom stereocenters. The highest BCUT2D eigenvalue weighted by atomic mass is 35.5. The van der Waals surface area contributed by atoms with Gasteiger partial charge in [0.15, 0.2) is 5.69 Å². The molecule has 0 bridgehead atoms. The summed E-state index contributed by atoms with van der Waals surface area (Å²) in [5.74, 6) is -0.624. The molecule has 110 valence electrons. The Labute approximate surface area is 133 Å². The highest BCUT2D eigenvalue weighted by Crippen LogP contribution is 2.28. The Kier molecular flexibility index (Phi) is 5.04. The normalized spacial score (nSPS) is 10.3. The number of methoxy groups -OCH3 is 1. The lowest BCUT2D eigenvalue weighted by molar-refractivity contribution is 0.0594. The number of pyridine rings is 1. The summed E-state index contributed by atoms with van der Waals surface area (Å²) < 4.78 is 4.64. The molecule has 2 aromatic rings. The molecule has 1 aromatic carbocycles. The molecule has 21 heavy (non-hydrogen) atoms. The number of anilines is 1. The molecule has 0 aliphatic rings. The minimum absolute atomic E-state index is 0.000972. The molecule has 1 aromatic heterocycles. The summed E-state index contributed by atoms with van der Waals surface area (Å²) in [5, 5.41) is 3.53. The Morgan fingerprint density at radius 3 is 2.71 bits per heavy atom. The number of carbonyl (C=O) groups is 1. The topological polar surface area (TPSA) is 51.2 Å². The third-order valence-electron chi connectivity index (χ3n) is 3.04.